The number of nitrogens with one attached hydrogen (secondary N) is 1. The Morgan fingerprint density at radius 1 is 1.00 bits per heavy atom. The first-order valence-electron chi connectivity index (χ1n) is 10.3. The van der Waals surface area contributed by atoms with E-state index in [9.17, 15) is 13.2 Å². The van der Waals surface area contributed by atoms with Crippen LogP contribution in [0.2, 0.25) is 5.02 Å². The van der Waals surface area contributed by atoms with Crippen LogP contribution in [0.1, 0.15) is 16.8 Å². The molecular weight excluding hydrogens is 436 g/mol. The fraction of sp³-hybridized carbons (Fsp3) is 0.409. The summed E-state index contributed by atoms with van der Waals surface area (Å²) in [5.74, 6) is -0.193. The summed E-state index contributed by atoms with van der Waals surface area (Å²) in [7, 11) is -0.530. The lowest BCUT2D eigenvalue weighted by molar-refractivity contribution is 0.0951. The quantitative estimate of drug-likeness (QED) is 0.608. The van der Waals surface area contributed by atoms with Gasteiger partial charge in [-0.3, -0.25) is 9.69 Å². The smallest absolute Gasteiger partial charge is 0.251 e. The molecule has 1 N–H and O–H groups in total. The van der Waals surface area contributed by atoms with Crippen molar-refractivity contribution in [2.24, 2.45) is 0 Å². The van der Waals surface area contributed by atoms with Gasteiger partial charge in [0.25, 0.3) is 5.91 Å². The van der Waals surface area contributed by atoms with Crippen LogP contribution in [-0.4, -0.2) is 76.9 Å². The number of anilines is 1. The van der Waals surface area contributed by atoms with Crippen molar-refractivity contribution in [1.29, 1.82) is 0 Å². The monoisotopic (exact) mass is 464 g/mol. The molecule has 2 aromatic rings. The Bertz CT molecular complexity index is 971. The summed E-state index contributed by atoms with van der Waals surface area (Å²) in [5, 5.41) is 3.66. The number of halogens is 1. The third-order valence-electron chi connectivity index (χ3n) is 5.40. The number of hydrogen-bond acceptors (Lipinski definition) is 5. The first-order chi connectivity index (χ1) is 14.8. The van der Waals surface area contributed by atoms with E-state index in [0.29, 0.717) is 12.1 Å². The van der Waals surface area contributed by atoms with E-state index < -0.39 is 10.0 Å². The lowest BCUT2D eigenvalue weighted by Gasteiger charge is -2.36. The minimum absolute atomic E-state index is 0.173. The molecule has 9 heteroatoms. The van der Waals surface area contributed by atoms with Gasteiger partial charge in [-0.1, -0.05) is 11.6 Å². The summed E-state index contributed by atoms with van der Waals surface area (Å²) in [4.78, 5) is 17.2. The van der Waals surface area contributed by atoms with Crippen molar-refractivity contribution in [3.63, 3.8) is 0 Å². The van der Waals surface area contributed by atoms with E-state index in [0.717, 1.165) is 48.5 Å². The zero-order valence-electron chi connectivity index (χ0n) is 17.9. The van der Waals surface area contributed by atoms with Crippen LogP contribution in [0.15, 0.2) is 53.4 Å². The molecule has 1 aliphatic rings. The van der Waals surface area contributed by atoms with Crippen molar-refractivity contribution >= 4 is 33.2 Å². The summed E-state index contributed by atoms with van der Waals surface area (Å²) in [6.07, 6.45) is 0.861. The fourth-order valence-corrected chi connectivity index (χ4v) is 4.50. The summed E-state index contributed by atoms with van der Waals surface area (Å²) in [5.41, 5.74) is 1.65. The van der Waals surface area contributed by atoms with Crippen LogP contribution in [0.3, 0.4) is 0 Å². The number of rotatable bonds is 8. The average Bonchev–Trinajstić information content (AvgIpc) is 2.77. The topological polar surface area (TPSA) is 73.0 Å². The zero-order chi connectivity index (χ0) is 22.4. The molecule has 31 heavy (non-hydrogen) atoms. The maximum Gasteiger partial charge on any atom is 0.251 e. The molecule has 0 unspecified atom stereocenters. The SMILES string of the molecule is CN(C)S(=O)(=O)c1ccc(C(=O)NCCCN2CCN(c3ccc(Cl)cc3)CC2)cc1. The van der Waals surface area contributed by atoms with E-state index in [1.165, 1.54) is 31.9 Å². The fourth-order valence-electron chi connectivity index (χ4n) is 3.48. The molecule has 0 atom stereocenters. The van der Waals surface area contributed by atoms with Crippen molar-refractivity contribution < 1.29 is 13.2 Å². The van der Waals surface area contributed by atoms with Crippen LogP contribution in [0.4, 0.5) is 5.69 Å². The highest BCUT2D eigenvalue weighted by molar-refractivity contribution is 7.89. The molecular formula is C22H29ClN4O3S. The van der Waals surface area contributed by atoms with Crippen LogP contribution >= 0.6 is 11.6 Å². The second-order valence-electron chi connectivity index (χ2n) is 7.73. The van der Waals surface area contributed by atoms with Crippen LogP contribution in [0, 0.1) is 0 Å². The van der Waals surface area contributed by atoms with Crippen LogP contribution in [0.5, 0.6) is 0 Å². The van der Waals surface area contributed by atoms with Gasteiger partial charge in [-0.25, -0.2) is 12.7 Å². The Morgan fingerprint density at radius 3 is 2.19 bits per heavy atom. The van der Waals surface area contributed by atoms with E-state index >= 15 is 0 Å². The molecule has 0 aliphatic carbocycles. The molecule has 7 nitrogen and oxygen atoms in total. The third-order valence-corrected chi connectivity index (χ3v) is 7.48. The Balaban J connectivity index is 1.38. The molecule has 168 valence electrons. The van der Waals surface area contributed by atoms with Crippen molar-refractivity contribution in [2.45, 2.75) is 11.3 Å². The van der Waals surface area contributed by atoms with E-state index in [-0.39, 0.29) is 10.8 Å². The Hall–Kier alpha value is -2.13. The van der Waals surface area contributed by atoms with Gasteiger partial charge in [0, 0.05) is 63.1 Å². The highest BCUT2D eigenvalue weighted by atomic mass is 35.5. The minimum Gasteiger partial charge on any atom is -0.369 e. The standard InChI is InChI=1S/C22H29ClN4O3S/c1-25(2)31(29,30)21-10-4-18(5-11-21)22(28)24-12-3-13-26-14-16-27(17-15-26)20-8-6-19(23)7-9-20/h4-11H,3,12-17H2,1-2H3,(H,24,28). The Kier molecular flexibility index (Phi) is 7.94. The van der Waals surface area contributed by atoms with Crippen LogP contribution < -0.4 is 10.2 Å². The maximum absolute atomic E-state index is 12.3. The second-order valence-corrected chi connectivity index (χ2v) is 10.3. The first kappa shape index (κ1) is 23.5. The number of piperazine rings is 1. The highest BCUT2D eigenvalue weighted by Crippen LogP contribution is 2.19. The molecule has 1 fully saturated rings. The molecule has 0 aromatic heterocycles. The lowest BCUT2D eigenvalue weighted by atomic mass is 10.2. The maximum atomic E-state index is 12.3. The summed E-state index contributed by atoms with van der Waals surface area (Å²) >= 11 is 5.96. The van der Waals surface area contributed by atoms with Gasteiger partial charge in [0.2, 0.25) is 10.0 Å². The number of carbonyl (C=O) groups excluding carboxylic acids is 1. The summed E-state index contributed by atoms with van der Waals surface area (Å²) < 4.78 is 25.4. The number of sulfonamides is 1. The molecule has 0 spiro atoms. The number of nitrogens with zero attached hydrogens (tertiary/aromatic N) is 3. The summed E-state index contributed by atoms with van der Waals surface area (Å²) in [6, 6.07) is 13.9. The molecule has 0 bridgehead atoms. The predicted octanol–water partition coefficient (Wildman–Crippen LogP) is 2.53. The van der Waals surface area contributed by atoms with Gasteiger partial charge < -0.3 is 10.2 Å². The van der Waals surface area contributed by atoms with Gasteiger partial charge in [0.15, 0.2) is 0 Å². The predicted molar refractivity (Wildman–Crippen MR) is 124 cm³/mol. The largest absolute Gasteiger partial charge is 0.369 e. The first-order valence-corrected chi connectivity index (χ1v) is 12.1. The molecule has 0 saturated carbocycles. The number of amides is 1. The summed E-state index contributed by atoms with van der Waals surface area (Å²) in [6.45, 7) is 5.41. The Labute approximate surface area is 189 Å². The van der Waals surface area contributed by atoms with E-state index in [1.54, 1.807) is 12.1 Å². The Morgan fingerprint density at radius 2 is 1.61 bits per heavy atom. The molecule has 3 rings (SSSR count). The van der Waals surface area contributed by atoms with Crippen LogP contribution in [-0.2, 0) is 10.0 Å². The zero-order valence-corrected chi connectivity index (χ0v) is 19.5. The van der Waals surface area contributed by atoms with E-state index in [1.807, 2.05) is 12.1 Å². The number of carbonyl (C=O) groups is 1. The van der Waals surface area contributed by atoms with Crippen molar-refractivity contribution in [3.05, 3.63) is 59.1 Å². The molecule has 2 aromatic carbocycles. The third kappa shape index (κ3) is 6.20. The van der Waals surface area contributed by atoms with Gasteiger partial charge in [0.05, 0.1) is 4.90 Å². The average molecular weight is 465 g/mol. The lowest BCUT2D eigenvalue weighted by Crippen LogP contribution is -2.47. The van der Waals surface area contributed by atoms with Crippen LogP contribution in [0.25, 0.3) is 0 Å². The van der Waals surface area contributed by atoms with E-state index in [4.69, 9.17) is 11.6 Å². The number of hydrogen-bond donors (Lipinski definition) is 1. The van der Waals surface area contributed by atoms with Gasteiger partial charge in [-0.05, 0) is 61.5 Å². The minimum atomic E-state index is -3.49. The molecule has 1 aliphatic heterocycles. The molecule has 1 amide bonds. The van der Waals surface area contributed by atoms with Crippen molar-refractivity contribution in [1.82, 2.24) is 14.5 Å². The highest BCUT2D eigenvalue weighted by Gasteiger charge is 2.18. The van der Waals surface area contributed by atoms with Gasteiger partial charge in [-0.2, -0.15) is 0 Å². The van der Waals surface area contributed by atoms with Gasteiger partial charge >= 0.3 is 0 Å². The molecule has 1 saturated heterocycles. The second kappa shape index (κ2) is 10.5. The normalized spacial score (nSPS) is 15.3. The van der Waals surface area contributed by atoms with E-state index in [2.05, 4.69) is 27.2 Å². The van der Waals surface area contributed by atoms with Gasteiger partial charge in [-0.15, -0.1) is 0 Å². The van der Waals surface area contributed by atoms with Crippen molar-refractivity contribution in [2.75, 3.05) is 58.3 Å². The van der Waals surface area contributed by atoms with Crippen molar-refractivity contribution in [3.8, 4) is 0 Å². The molecule has 1 heterocycles. The number of benzene rings is 2. The molecule has 0 radical (unpaired) electrons. The van der Waals surface area contributed by atoms with Gasteiger partial charge in [0.1, 0.15) is 0 Å².